The summed E-state index contributed by atoms with van der Waals surface area (Å²) in [5.41, 5.74) is 1.58. The van der Waals surface area contributed by atoms with Crippen LogP contribution in [0.1, 0.15) is 23.0 Å². The van der Waals surface area contributed by atoms with E-state index in [1.807, 2.05) is 0 Å². The van der Waals surface area contributed by atoms with Gasteiger partial charge >= 0.3 is 0 Å². The van der Waals surface area contributed by atoms with Gasteiger partial charge in [-0.15, -0.1) is 0 Å². The third-order valence-corrected chi connectivity index (χ3v) is 5.02. The molecule has 0 amide bonds. The van der Waals surface area contributed by atoms with E-state index in [-0.39, 0.29) is 22.6 Å². The van der Waals surface area contributed by atoms with Crippen LogP contribution in [0.3, 0.4) is 0 Å². The topological polar surface area (TPSA) is 98.2 Å². The van der Waals surface area contributed by atoms with Crippen molar-refractivity contribution < 1.29 is 24.6 Å². The fourth-order valence-electron chi connectivity index (χ4n) is 3.41. The summed E-state index contributed by atoms with van der Waals surface area (Å²) < 4.78 is 0. The maximum atomic E-state index is 13.0. The second-order valence-corrected chi connectivity index (χ2v) is 7.27. The molecule has 0 heterocycles. The highest BCUT2D eigenvalue weighted by Gasteiger charge is 2.51. The molecular formula is C21H22N2O5. The van der Waals surface area contributed by atoms with Gasteiger partial charge in [-0.05, 0) is 12.1 Å². The van der Waals surface area contributed by atoms with Crippen LogP contribution in [0.2, 0.25) is 0 Å². The summed E-state index contributed by atoms with van der Waals surface area (Å²) in [5, 5.41) is 20.7. The van der Waals surface area contributed by atoms with Crippen molar-refractivity contribution in [3.63, 3.8) is 0 Å². The Hall–Kier alpha value is -3.35. The van der Waals surface area contributed by atoms with Crippen LogP contribution < -0.4 is 9.80 Å². The van der Waals surface area contributed by atoms with Crippen molar-refractivity contribution in [2.45, 2.75) is 11.8 Å². The first-order valence-corrected chi connectivity index (χ1v) is 8.75. The Kier molecular flexibility index (Phi) is 4.85. The number of hydrogen-bond acceptors (Lipinski definition) is 7. The van der Waals surface area contributed by atoms with E-state index < -0.39 is 29.2 Å². The summed E-state index contributed by atoms with van der Waals surface area (Å²) in [6, 6.07) is 9.17. The predicted molar refractivity (Wildman–Crippen MR) is 105 cm³/mol. The Bertz CT molecular complexity index is 903. The summed E-state index contributed by atoms with van der Waals surface area (Å²) in [6.07, 6.45) is 0. The van der Waals surface area contributed by atoms with Crippen molar-refractivity contribution in [3.05, 3.63) is 47.5 Å². The number of benzene rings is 2. The lowest BCUT2D eigenvalue weighted by molar-refractivity contribution is -0.135. The van der Waals surface area contributed by atoms with Crippen molar-refractivity contribution in [1.29, 1.82) is 0 Å². The highest BCUT2D eigenvalue weighted by molar-refractivity contribution is 6.54. The van der Waals surface area contributed by atoms with Gasteiger partial charge in [0, 0.05) is 62.8 Å². The molecule has 7 nitrogen and oxygen atoms in total. The molecule has 28 heavy (non-hydrogen) atoms. The first-order chi connectivity index (χ1) is 13.1. The van der Waals surface area contributed by atoms with E-state index in [9.17, 15) is 24.6 Å². The van der Waals surface area contributed by atoms with Gasteiger partial charge in [-0.25, -0.2) is 0 Å². The zero-order valence-electron chi connectivity index (χ0n) is 16.1. The van der Waals surface area contributed by atoms with Gasteiger partial charge in [-0.2, -0.15) is 0 Å². The molecule has 2 unspecified atom stereocenters. The number of aromatic hydroxyl groups is 2. The third kappa shape index (κ3) is 3.09. The van der Waals surface area contributed by atoms with Crippen molar-refractivity contribution in [2.24, 2.45) is 0 Å². The molecule has 0 spiro atoms. The zero-order valence-corrected chi connectivity index (χ0v) is 16.1. The number of Topliss-reactive ketones (excluding diaryl/α,β-unsaturated/α-hetero) is 3. The number of anilines is 2. The summed E-state index contributed by atoms with van der Waals surface area (Å²) in [4.78, 5) is 41.7. The van der Waals surface area contributed by atoms with Crippen molar-refractivity contribution in [1.82, 2.24) is 0 Å². The summed E-state index contributed by atoms with van der Waals surface area (Å²) >= 11 is 0. The fourth-order valence-corrected chi connectivity index (χ4v) is 3.41. The van der Waals surface area contributed by atoms with Crippen LogP contribution in [0.5, 0.6) is 11.5 Å². The molecule has 0 bridgehead atoms. The van der Waals surface area contributed by atoms with Crippen LogP contribution in [-0.2, 0) is 14.4 Å². The largest absolute Gasteiger partial charge is 0.508 e. The summed E-state index contributed by atoms with van der Waals surface area (Å²) in [5.74, 6) is -5.59. The lowest BCUT2D eigenvalue weighted by Gasteiger charge is -2.17. The molecule has 146 valence electrons. The molecule has 0 aromatic heterocycles. The minimum atomic E-state index is -1.37. The standard InChI is InChI=1S/C21H22N2O5/c1-22(2)11-5-7-13(15(24)9-11)17-19(26)18(21(28)20(17)27)14-8-6-12(23(3)4)10-16(14)25/h5-10,17-18,24-25H,1-4H3. The number of rotatable bonds is 4. The number of hydrogen-bond donors (Lipinski definition) is 2. The second-order valence-electron chi connectivity index (χ2n) is 7.27. The minimum absolute atomic E-state index is 0.0980. The molecule has 2 N–H and O–H groups in total. The summed E-state index contributed by atoms with van der Waals surface area (Å²) in [6.45, 7) is 0. The first kappa shape index (κ1) is 19.4. The van der Waals surface area contributed by atoms with E-state index in [2.05, 4.69) is 0 Å². The molecule has 1 aliphatic rings. The Morgan fingerprint density at radius 3 is 1.32 bits per heavy atom. The van der Waals surface area contributed by atoms with Gasteiger partial charge in [0.2, 0.25) is 11.6 Å². The van der Waals surface area contributed by atoms with Crippen LogP contribution in [0.4, 0.5) is 11.4 Å². The molecule has 0 aliphatic heterocycles. The number of carbonyl (C=O) groups excluding carboxylic acids is 3. The van der Waals surface area contributed by atoms with E-state index in [0.29, 0.717) is 11.4 Å². The zero-order chi connectivity index (χ0) is 20.7. The fraction of sp³-hybridized carbons (Fsp3) is 0.286. The Balaban J connectivity index is 2.02. The molecule has 7 heteroatoms. The first-order valence-electron chi connectivity index (χ1n) is 8.75. The SMILES string of the molecule is CN(C)c1ccc(C2C(=O)C(=O)C(c3ccc(N(C)C)cc3O)C2=O)c(O)c1. The molecular weight excluding hydrogens is 360 g/mol. The molecule has 3 rings (SSSR count). The number of phenolic OH excluding ortho intramolecular Hbond substituents is 2. The van der Waals surface area contributed by atoms with Gasteiger partial charge in [0.1, 0.15) is 23.3 Å². The molecule has 1 saturated carbocycles. The van der Waals surface area contributed by atoms with Crippen LogP contribution in [-0.4, -0.2) is 55.8 Å². The molecule has 1 fully saturated rings. The van der Waals surface area contributed by atoms with Crippen molar-refractivity contribution >= 4 is 28.7 Å². The molecule has 1 aliphatic carbocycles. The molecule has 2 atom stereocenters. The number of nitrogens with zero attached hydrogens (tertiary/aromatic N) is 2. The van der Waals surface area contributed by atoms with E-state index >= 15 is 0 Å². The summed E-state index contributed by atoms with van der Waals surface area (Å²) in [7, 11) is 7.17. The Labute approximate surface area is 162 Å². The highest BCUT2D eigenvalue weighted by atomic mass is 16.3. The molecule has 0 saturated heterocycles. The quantitative estimate of drug-likeness (QED) is 0.615. The smallest absolute Gasteiger partial charge is 0.214 e. The van der Waals surface area contributed by atoms with E-state index in [1.165, 1.54) is 24.3 Å². The maximum absolute atomic E-state index is 13.0. The maximum Gasteiger partial charge on any atom is 0.214 e. The third-order valence-electron chi connectivity index (χ3n) is 5.02. The monoisotopic (exact) mass is 382 g/mol. The average molecular weight is 382 g/mol. The Morgan fingerprint density at radius 2 is 1.04 bits per heavy atom. The normalized spacial score (nSPS) is 19.2. The van der Waals surface area contributed by atoms with E-state index in [0.717, 1.165) is 0 Å². The van der Waals surface area contributed by atoms with E-state index in [1.54, 1.807) is 50.1 Å². The minimum Gasteiger partial charge on any atom is -0.508 e. The molecule has 2 aromatic carbocycles. The van der Waals surface area contributed by atoms with Crippen molar-refractivity contribution in [3.8, 4) is 11.5 Å². The predicted octanol–water partition coefficient (Wildman–Crippen LogP) is 1.82. The lowest BCUT2D eigenvalue weighted by Crippen LogP contribution is -2.16. The average Bonchev–Trinajstić information content (AvgIpc) is 2.84. The van der Waals surface area contributed by atoms with Crippen LogP contribution in [0, 0.1) is 0 Å². The molecule has 0 radical (unpaired) electrons. The van der Waals surface area contributed by atoms with Gasteiger partial charge in [0.15, 0.2) is 5.78 Å². The van der Waals surface area contributed by atoms with Gasteiger partial charge in [0.25, 0.3) is 0 Å². The second kappa shape index (κ2) is 6.99. The van der Waals surface area contributed by atoms with Crippen LogP contribution in [0.15, 0.2) is 36.4 Å². The highest BCUT2D eigenvalue weighted by Crippen LogP contribution is 2.42. The van der Waals surface area contributed by atoms with Gasteiger partial charge < -0.3 is 20.0 Å². The Morgan fingerprint density at radius 1 is 0.679 bits per heavy atom. The van der Waals surface area contributed by atoms with E-state index in [4.69, 9.17) is 0 Å². The number of phenols is 2. The van der Waals surface area contributed by atoms with Crippen LogP contribution >= 0.6 is 0 Å². The van der Waals surface area contributed by atoms with Crippen LogP contribution in [0.25, 0.3) is 0 Å². The number of ketones is 3. The van der Waals surface area contributed by atoms with Gasteiger partial charge in [-0.3, -0.25) is 14.4 Å². The molecule has 2 aromatic rings. The van der Waals surface area contributed by atoms with Crippen molar-refractivity contribution in [2.75, 3.05) is 38.0 Å². The van der Waals surface area contributed by atoms with Gasteiger partial charge in [-0.1, -0.05) is 12.1 Å². The van der Waals surface area contributed by atoms with Gasteiger partial charge in [0.05, 0.1) is 0 Å². The number of carbonyl (C=O) groups is 3. The lowest BCUT2D eigenvalue weighted by atomic mass is 9.90.